The Labute approximate surface area is 103 Å². The molecule has 88 valence electrons. The molecule has 0 aliphatic heterocycles. The van der Waals surface area contributed by atoms with Crippen LogP contribution in [0.3, 0.4) is 0 Å². The summed E-state index contributed by atoms with van der Waals surface area (Å²) in [7, 11) is 0. The fraction of sp³-hybridized carbons (Fsp3) is 0.182. The largest absolute Gasteiger partial charge is 0.352 e. The quantitative estimate of drug-likeness (QED) is 0.807. The van der Waals surface area contributed by atoms with Gasteiger partial charge < -0.3 is 10.3 Å². The third-order valence-corrected chi connectivity index (χ3v) is 2.40. The Balaban J connectivity index is 1.85. The molecule has 0 aliphatic carbocycles. The van der Waals surface area contributed by atoms with Crippen LogP contribution in [0.1, 0.15) is 16.2 Å². The number of nitrogens with zero attached hydrogens (tertiary/aromatic N) is 2. The van der Waals surface area contributed by atoms with Gasteiger partial charge in [-0.2, -0.15) is 0 Å². The first kappa shape index (κ1) is 11.6. The first-order valence-corrected chi connectivity index (χ1v) is 5.51. The Bertz CT molecular complexity index is 498. The van der Waals surface area contributed by atoms with Crippen molar-refractivity contribution in [1.82, 2.24) is 20.3 Å². The van der Waals surface area contributed by atoms with Gasteiger partial charge in [-0.05, 0) is 12.1 Å². The molecular weight excluding hydrogens is 240 g/mol. The summed E-state index contributed by atoms with van der Waals surface area (Å²) < 4.78 is 0. The van der Waals surface area contributed by atoms with E-state index in [1.54, 1.807) is 18.5 Å². The van der Waals surface area contributed by atoms with Crippen LogP contribution in [0.25, 0.3) is 0 Å². The molecule has 1 amide bonds. The molecule has 0 spiro atoms. The molecule has 2 heterocycles. The van der Waals surface area contributed by atoms with Crippen molar-refractivity contribution in [3.8, 4) is 0 Å². The number of hydrogen-bond acceptors (Lipinski definition) is 3. The average molecular weight is 251 g/mol. The van der Waals surface area contributed by atoms with E-state index < -0.39 is 0 Å². The molecule has 0 atom stereocenters. The average Bonchev–Trinajstić information content (AvgIpc) is 2.82. The number of carbonyl (C=O) groups excluding carboxylic acids is 1. The Morgan fingerprint density at radius 1 is 1.41 bits per heavy atom. The van der Waals surface area contributed by atoms with Crippen LogP contribution in [-0.4, -0.2) is 27.4 Å². The molecule has 17 heavy (non-hydrogen) atoms. The Morgan fingerprint density at radius 2 is 2.29 bits per heavy atom. The predicted octanol–water partition coefficient (Wildman–Crippen LogP) is 1.43. The van der Waals surface area contributed by atoms with Crippen molar-refractivity contribution in [2.45, 2.75) is 6.42 Å². The number of H-pyrrole nitrogens is 1. The number of nitrogens with one attached hydrogen (secondary N) is 2. The van der Waals surface area contributed by atoms with E-state index in [9.17, 15) is 4.79 Å². The summed E-state index contributed by atoms with van der Waals surface area (Å²) in [6.07, 6.45) is 5.60. The Kier molecular flexibility index (Phi) is 3.72. The van der Waals surface area contributed by atoms with Crippen LogP contribution in [0.2, 0.25) is 5.15 Å². The number of imidazole rings is 1. The number of rotatable bonds is 4. The Morgan fingerprint density at radius 3 is 3.00 bits per heavy atom. The molecule has 0 aromatic carbocycles. The summed E-state index contributed by atoms with van der Waals surface area (Å²) in [6.45, 7) is 0.520. The van der Waals surface area contributed by atoms with Crippen molar-refractivity contribution in [2.24, 2.45) is 0 Å². The molecule has 0 bridgehead atoms. The van der Waals surface area contributed by atoms with Crippen LogP contribution in [0.4, 0.5) is 0 Å². The van der Waals surface area contributed by atoms with Crippen molar-refractivity contribution in [2.75, 3.05) is 6.54 Å². The van der Waals surface area contributed by atoms with Gasteiger partial charge in [-0.15, -0.1) is 0 Å². The van der Waals surface area contributed by atoms with Crippen molar-refractivity contribution in [3.05, 3.63) is 47.3 Å². The summed E-state index contributed by atoms with van der Waals surface area (Å²) in [5.41, 5.74) is 0.504. The zero-order chi connectivity index (χ0) is 12.1. The van der Waals surface area contributed by atoms with Crippen molar-refractivity contribution in [3.63, 3.8) is 0 Å². The number of aromatic amines is 1. The van der Waals surface area contributed by atoms with Gasteiger partial charge in [-0.3, -0.25) is 4.79 Å². The number of carbonyl (C=O) groups is 1. The molecule has 0 saturated carbocycles. The second-order valence-electron chi connectivity index (χ2n) is 3.41. The predicted molar refractivity (Wildman–Crippen MR) is 63.9 cm³/mol. The van der Waals surface area contributed by atoms with Crippen LogP contribution in [0.15, 0.2) is 30.7 Å². The first-order chi connectivity index (χ1) is 8.25. The topological polar surface area (TPSA) is 70.7 Å². The highest BCUT2D eigenvalue weighted by Gasteiger charge is 2.05. The lowest BCUT2D eigenvalue weighted by Gasteiger charge is -2.03. The molecule has 0 fully saturated rings. The highest BCUT2D eigenvalue weighted by atomic mass is 35.5. The molecule has 2 N–H and O–H groups in total. The minimum atomic E-state index is -0.166. The SMILES string of the molecule is O=C(NCCc1ncc[nH]1)c1ccnc(Cl)c1. The Hall–Kier alpha value is -1.88. The van der Waals surface area contributed by atoms with Gasteiger partial charge in [0.15, 0.2) is 0 Å². The summed E-state index contributed by atoms with van der Waals surface area (Å²) >= 11 is 5.70. The van der Waals surface area contributed by atoms with Gasteiger partial charge in [-0.25, -0.2) is 9.97 Å². The van der Waals surface area contributed by atoms with Gasteiger partial charge in [0.05, 0.1) is 0 Å². The maximum Gasteiger partial charge on any atom is 0.251 e. The number of hydrogen-bond donors (Lipinski definition) is 2. The highest BCUT2D eigenvalue weighted by Crippen LogP contribution is 2.06. The molecule has 2 aromatic rings. The summed E-state index contributed by atoms with van der Waals surface area (Å²) in [5, 5.41) is 3.09. The van der Waals surface area contributed by atoms with Crippen LogP contribution in [-0.2, 0) is 6.42 Å². The van der Waals surface area contributed by atoms with Crippen molar-refractivity contribution >= 4 is 17.5 Å². The highest BCUT2D eigenvalue weighted by molar-refractivity contribution is 6.29. The summed E-state index contributed by atoms with van der Waals surface area (Å²) in [6, 6.07) is 3.15. The lowest BCUT2D eigenvalue weighted by molar-refractivity contribution is 0.0954. The zero-order valence-corrected chi connectivity index (χ0v) is 9.74. The molecule has 6 heteroatoms. The van der Waals surface area contributed by atoms with Crippen LogP contribution >= 0.6 is 11.6 Å². The number of amides is 1. The van der Waals surface area contributed by atoms with E-state index in [0.717, 1.165) is 5.82 Å². The van der Waals surface area contributed by atoms with Gasteiger partial charge in [0.1, 0.15) is 11.0 Å². The van der Waals surface area contributed by atoms with E-state index in [-0.39, 0.29) is 5.91 Å². The van der Waals surface area contributed by atoms with E-state index in [1.807, 2.05) is 0 Å². The normalized spacial score (nSPS) is 10.2. The van der Waals surface area contributed by atoms with Crippen LogP contribution < -0.4 is 5.32 Å². The standard InChI is InChI=1S/C11H11ClN4O/c12-9-7-8(1-3-13-9)11(17)16-4-2-10-14-5-6-15-10/h1,3,5-7H,2,4H2,(H,14,15)(H,16,17). The number of aromatic nitrogens is 3. The molecule has 0 unspecified atom stereocenters. The van der Waals surface area contributed by atoms with Gasteiger partial charge in [0, 0.05) is 37.1 Å². The van der Waals surface area contributed by atoms with Gasteiger partial charge >= 0.3 is 0 Å². The number of pyridine rings is 1. The van der Waals surface area contributed by atoms with Gasteiger partial charge in [0.2, 0.25) is 0 Å². The minimum Gasteiger partial charge on any atom is -0.352 e. The summed E-state index contributed by atoms with van der Waals surface area (Å²) in [4.78, 5) is 22.5. The van der Waals surface area contributed by atoms with E-state index in [1.165, 1.54) is 12.3 Å². The third kappa shape index (κ3) is 3.29. The van der Waals surface area contributed by atoms with Crippen molar-refractivity contribution < 1.29 is 4.79 Å². The van der Waals surface area contributed by atoms with Gasteiger partial charge in [-0.1, -0.05) is 11.6 Å². The molecule has 0 radical (unpaired) electrons. The molecule has 0 saturated heterocycles. The molecule has 2 rings (SSSR count). The van der Waals surface area contributed by atoms with Crippen molar-refractivity contribution in [1.29, 1.82) is 0 Å². The monoisotopic (exact) mass is 250 g/mol. The molecule has 2 aromatic heterocycles. The fourth-order valence-corrected chi connectivity index (χ4v) is 1.55. The zero-order valence-electron chi connectivity index (χ0n) is 8.98. The summed E-state index contributed by atoms with van der Waals surface area (Å²) in [5.74, 6) is 0.680. The smallest absolute Gasteiger partial charge is 0.251 e. The first-order valence-electron chi connectivity index (χ1n) is 5.14. The lowest BCUT2D eigenvalue weighted by atomic mass is 10.2. The number of halogens is 1. The second-order valence-corrected chi connectivity index (χ2v) is 3.80. The van der Waals surface area contributed by atoms with Crippen LogP contribution in [0, 0.1) is 0 Å². The van der Waals surface area contributed by atoms with Gasteiger partial charge in [0.25, 0.3) is 5.91 Å². The van der Waals surface area contributed by atoms with E-state index >= 15 is 0 Å². The maximum absolute atomic E-state index is 11.7. The maximum atomic E-state index is 11.7. The third-order valence-electron chi connectivity index (χ3n) is 2.19. The van der Waals surface area contributed by atoms with E-state index in [4.69, 9.17) is 11.6 Å². The minimum absolute atomic E-state index is 0.166. The molecule has 0 aliphatic rings. The fourth-order valence-electron chi connectivity index (χ4n) is 1.37. The molecular formula is C11H11ClN4O. The van der Waals surface area contributed by atoms with E-state index in [2.05, 4.69) is 20.3 Å². The van der Waals surface area contributed by atoms with E-state index in [0.29, 0.717) is 23.7 Å². The second kappa shape index (κ2) is 5.45. The van der Waals surface area contributed by atoms with Crippen LogP contribution in [0.5, 0.6) is 0 Å². The molecule has 5 nitrogen and oxygen atoms in total. The lowest BCUT2D eigenvalue weighted by Crippen LogP contribution is -2.25.